The minimum Gasteiger partial charge on any atom is -0.379 e. The third-order valence-electron chi connectivity index (χ3n) is 5.30. The van der Waals surface area contributed by atoms with Crippen molar-refractivity contribution in [3.8, 4) is 0 Å². The molecule has 0 aromatic heterocycles. The summed E-state index contributed by atoms with van der Waals surface area (Å²) in [7, 11) is 0. The Morgan fingerprint density at radius 2 is 1.78 bits per heavy atom. The van der Waals surface area contributed by atoms with Crippen LogP contribution < -0.4 is 5.32 Å². The van der Waals surface area contributed by atoms with Gasteiger partial charge in [0.25, 0.3) is 0 Å². The SMILES string of the molecule is Cc1ccc(CCC(=O)NCc2ccccc2CN2CCOCC2)cc1C. The first kappa shape index (κ1) is 19.6. The number of aryl methyl sites for hydroxylation is 3. The standard InChI is InChI=1S/C23H30N2O2/c1-18-7-8-20(15-19(18)2)9-10-23(26)24-16-21-5-3-4-6-22(21)17-25-11-13-27-14-12-25/h3-8,15H,9-14,16-17H2,1-2H3,(H,24,26). The summed E-state index contributed by atoms with van der Waals surface area (Å²) in [6.45, 7) is 9.27. The summed E-state index contributed by atoms with van der Waals surface area (Å²) in [6, 6.07) is 14.8. The fourth-order valence-electron chi connectivity index (χ4n) is 3.38. The second-order valence-electron chi connectivity index (χ2n) is 7.35. The van der Waals surface area contributed by atoms with Crippen LogP contribution in [0.3, 0.4) is 0 Å². The molecule has 1 aliphatic heterocycles. The summed E-state index contributed by atoms with van der Waals surface area (Å²) in [5.41, 5.74) is 6.28. The van der Waals surface area contributed by atoms with Crippen LogP contribution in [0.5, 0.6) is 0 Å². The summed E-state index contributed by atoms with van der Waals surface area (Å²) < 4.78 is 5.43. The lowest BCUT2D eigenvalue weighted by Crippen LogP contribution is -2.36. The van der Waals surface area contributed by atoms with E-state index in [1.165, 1.54) is 27.8 Å². The number of hydrogen-bond acceptors (Lipinski definition) is 3. The number of morpholine rings is 1. The van der Waals surface area contributed by atoms with Crippen LogP contribution in [-0.2, 0) is 29.0 Å². The van der Waals surface area contributed by atoms with E-state index in [0.717, 1.165) is 39.3 Å². The minimum atomic E-state index is 0.106. The molecule has 0 atom stereocenters. The van der Waals surface area contributed by atoms with Crippen LogP contribution in [0, 0.1) is 13.8 Å². The zero-order valence-electron chi connectivity index (χ0n) is 16.5. The van der Waals surface area contributed by atoms with E-state index >= 15 is 0 Å². The third kappa shape index (κ3) is 5.91. The lowest BCUT2D eigenvalue weighted by atomic mass is 10.0. The molecule has 27 heavy (non-hydrogen) atoms. The highest BCUT2D eigenvalue weighted by molar-refractivity contribution is 5.76. The predicted octanol–water partition coefficient (Wildman–Crippen LogP) is 3.38. The van der Waals surface area contributed by atoms with E-state index in [1.54, 1.807) is 0 Å². The van der Waals surface area contributed by atoms with Crippen molar-refractivity contribution in [2.45, 2.75) is 39.8 Å². The summed E-state index contributed by atoms with van der Waals surface area (Å²) >= 11 is 0. The molecule has 2 aromatic carbocycles. The zero-order chi connectivity index (χ0) is 19.1. The number of benzene rings is 2. The van der Waals surface area contributed by atoms with E-state index in [2.05, 4.69) is 60.5 Å². The van der Waals surface area contributed by atoms with Crippen molar-refractivity contribution < 1.29 is 9.53 Å². The molecular formula is C23H30N2O2. The number of carbonyl (C=O) groups is 1. The number of hydrogen-bond donors (Lipinski definition) is 1. The van der Waals surface area contributed by atoms with Crippen molar-refractivity contribution in [2.75, 3.05) is 26.3 Å². The maximum absolute atomic E-state index is 12.3. The molecule has 1 amide bonds. The maximum Gasteiger partial charge on any atom is 0.220 e. The first-order chi connectivity index (χ1) is 13.1. The van der Waals surface area contributed by atoms with Gasteiger partial charge in [-0.15, -0.1) is 0 Å². The average molecular weight is 367 g/mol. The molecule has 144 valence electrons. The maximum atomic E-state index is 12.3. The van der Waals surface area contributed by atoms with Crippen LogP contribution in [0.1, 0.15) is 34.2 Å². The summed E-state index contributed by atoms with van der Waals surface area (Å²) in [5.74, 6) is 0.106. The number of ether oxygens (including phenoxy) is 1. The lowest BCUT2D eigenvalue weighted by Gasteiger charge is -2.27. The van der Waals surface area contributed by atoms with Gasteiger partial charge in [0.2, 0.25) is 5.91 Å². The molecule has 2 aromatic rings. The fraction of sp³-hybridized carbons (Fsp3) is 0.435. The van der Waals surface area contributed by atoms with E-state index in [1.807, 2.05) is 6.07 Å². The van der Waals surface area contributed by atoms with Crippen molar-refractivity contribution >= 4 is 5.91 Å². The fourth-order valence-corrected chi connectivity index (χ4v) is 3.38. The largest absolute Gasteiger partial charge is 0.379 e. The topological polar surface area (TPSA) is 41.6 Å². The van der Waals surface area contributed by atoms with E-state index in [-0.39, 0.29) is 5.91 Å². The Morgan fingerprint density at radius 1 is 1.04 bits per heavy atom. The van der Waals surface area contributed by atoms with Crippen molar-refractivity contribution in [1.29, 1.82) is 0 Å². The molecular weight excluding hydrogens is 336 g/mol. The van der Waals surface area contributed by atoms with Crippen LogP contribution >= 0.6 is 0 Å². The molecule has 1 aliphatic rings. The number of amides is 1. The van der Waals surface area contributed by atoms with Gasteiger partial charge >= 0.3 is 0 Å². The predicted molar refractivity (Wildman–Crippen MR) is 109 cm³/mol. The van der Waals surface area contributed by atoms with Crippen molar-refractivity contribution in [3.63, 3.8) is 0 Å². The van der Waals surface area contributed by atoms with E-state index in [9.17, 15) is 4.79 Å². The van der Waals surface area contributed by atoms with E-state index in [0.29, 0.717) is 13.0 Å². The van der Waals surface area contributed by atoms with Gasteiger partial charge in [-0.2, -0.15) is 0 Å². The van der Waals surface area contributed by atoms with Gasteiger partial charge in [-0.1, -0.05) is 42.5 Å². The molecule has 1 N–H and O–H groups in total. The van der Waals surface area contributed by atoms with Gasteiger partial charge < -0.3 is 10.1 Å². The van der Waals surface area contributed by atoms with Gasteiger partial charge in [0.05, 0.1) is 13.2 Å². The average Bonchev–Trinajstić information content (AvgIpc) is 2.69. The number of carbonyl (C=O) groups excluding carboxylic acids is 1. The van der Waals surface area contributed by atoms with Crippen molar-refractivity contribution in [3.05, 3.63) is 70.3 Å². The Kier molecular flexibility index (Phi) is 7.02. The molecule has 0 saturated carbocycles. The highest BCUT2D eigenvalue weighted by atomic mass is 16.5. The quantitative estimate of drug-likeness (QED) is 0.817. The van der Waals surface area contributed by atoms with Gasteiger partial charge in [-0.3, -0.25) is 9.69 Å². The van der Waals surface area contributed by atoms with Gasteiger partial charge in [0, 0.05) is 32.6 Å². The molecule has 1 heterocycles. The van der Waals surface area contributed by atoms with Gasteiger partial charge in [-0.25, -0.2) is 0 Å². The Labute approximate surface area is 162 Å². The number of rotatable bonds is 7. The zero-order valence-corrected chi connectivity index (χ0v) is 16.5. The van der Waals surface area contributed by atoms with Crippen molar-refractivity contribution in [2.24, 2.45) is 0 Å². The Hall–Kier alpha value is -2.17. The Morgan fingerprint density at radius 3 is 2.52 bits per heavy atom. The Bertz CT molecular complexity index is 767. The molecule has 1 saturated heterocycles. The van der Waals surface area contributed by atoms with Crippen LogP contribution in [-0.4, -0.2) is 37.1 Å². The highest BCUT2D eigenvalue weighted by Gasteiger charge is 2.13. The molecule has 1 fully saturated rings. The van der Waals surface area contributed by atoms with E-state index < -0.39 is 0 Å². The first-order valence-electron chi connectivity index (χ1n) is 9.81. The Balaban J connectivity index is 1.50. The molecule has 4 nitrogen and oxygen atoms in total. The van der Waals surface area contributed by atoms with E-state index in [4.69, 9.17) is 4.74 Å². The third-order valence-corrected chi connectivity index (χ3v) is 5.30. The second kappa shape index (κ2) is 9.67. The second-order valence-corrected chi connectivity index (χ2v) is 7.35. The van der Waals surface area contributed by atoms with Crippen molar-refractivity contribution in [1.82, 2.24) is 10.2 Å². The van der Waals surface area contributed by atoms with Gasteiger partial charge in [0.1, 0.15) is 0 Å². The molecule has 0 radical (unpaired) electrons. The van der Waals surface area contributed by atoms with Gasteiger partial charge in [0.15, 0.2) is 0 Å². The molecule has 0 aliphatic carbocycles. The molecule has 0 spiro atoms. The van der Waals surface area contributed by atoms with Crippen LogP contribution in [0.15, 0.2) is 42.5 Å². The summed E-state index contributed by atoms with van der Waals surface area (Å²) in [5, 5.41) is 3.09. The minimum absolute atomic E-state index is 0.106. The molecule has 4 heteroatoms. The van der Waals surface area contributed by atoms with Gasteiger partial charge in [-0.05, 0) is 48.1 Å². The highest BCUT2D eigenvalue weighted by Crippen LogP contribution is 2.14. The van der Waals surface area contributed by atoms with Crippen LogP contribution in [0.25, 0.3) is 0 Å². The van der Waals surface area contributed by atoms with Crippen LogP contribution in [0.4, 0.5) is 0 Å². The first-order valence-corrected chi connectivity index (χ1v) is 9.81. The molecule has 3 rings (SSSR count). The number of nitrogens with one attached hydrogen (secondary N) is 1. The summed E-state index contributed by atoms with van der Waals surface area (Å²) in [4.78, 5) is 14.7. The smallest absolute Gasteiger partial charge is 0.220 e. The molecule has 0 unspecified atom stereocenters. The normalized spacial score (nSPS) is 14.9. The lowest BCUT2D eigenvalue weighted by molar-refractivity contribution is -0.121. The van der Waals surface area contributed by atoms with Crippen LogP contribution in [0.2, 0.25) is 0 Å². The monoisotopic (exact) mass is 366 g/mol. The number of nitrogens with zero attached hydrogens (tertiary/aromatic N) is 1. The molecule has 0 bridgehead atoms. The summed E-state index contributed by atoms with van der Waals surface area (Å²) in [6.07, 6.45) is 1.30.